The van der Waals surface area contributed by atoms with Gasteiger partial charge in [0.2, 0.25) is 5.95 Å². The number of methoxy groups -OCH3 is 1. The summed E-state index contributed by atoms with van der Waals surface area (Å²) in [6, 6.07) is 7.87. The van der Waals surface area contributed by atoms with Crippen LogP contribution in [0.3, 0.4) is 0 Å². The first-order valence-electron chi connectivity index (χ1n) is 5.13. The molecule has 0 spiro atoms. The van der Waals surface area contributed by atoms with Crippen LogP contribution in [0, 0.1) is 6.92 Å². The second-order valence-corrected chi connectivity index (χ2v) is 3.54. The topological polar surface area (TPSA) is 49.9 Å². The Kier molecular flexibility index (Phi) is 2.81. The molecule has 0 saturated heterocycles. The average Bonchev–Trinajstić information content (AvgIpc) is 2.71. The van der Waals surface area contributed by atoms with Gasteiger partial charge in [-0.15, -0.1) is 0 Å². The molecule has 1 aromatic carbocycles. The number of nitrogens with zero attached hydrogens (tertiary/aromatic N) is 1. The van der Waals surface area contributed by atoms with Gasteiger partial charge in [-0.1, -0.05) is 12.1 Å². The summed E-state index contributed by atoms with van der Waals surface area (Å²) in [6.07, 6.45) is 0. The molecule has 2 aromatic rings. The molecule has 0 aliphatic carbocycles. The molecule has 2 N–H and O–H groups in total. The Morgan fingerprint density at radius 1 is 1.38 bits per heavy atom. The van der Waals surface area contributed by atoms with Gasteiger partial charge in [0.25, 0.3) is 0 Å². The van der Waals surface area contributed by atoms with Crippen molar-refractivity contribution in [2.75, 3.05) is 19.5 Å². The Hall–Kier alpha value is -1.97. The minimum atomic E-state index is 0.773. The van der Waals surface area contributed by atoms with Gasteiger partial charge < -0.3 is 15.0 Å². The molecule has 1 aromatic heterocycles. The third kappa shape index (κ3) is 1.86. The van der Waals surface area contributed by atoms with E-state index in [0.29, 0.717) is 0 Å². The van der Waals surface area contributed by atoms with Crippen LogP contribution in [0.5, 0.6) is 5.75 Å². The van der Waals surface area contributed by atoms with Crippen molar-refractivity contribution in [3.63, 3.8) is 0 Å². The third-order valence-corrected chi connectivity index (χ3v) is 2.46. The molecule has 1 heterocycles. The molecule has 0 aliphatic heterocycles. The highest BCUT2D eigenvalue weighted by Crippen LogP contribution is 2.25. The second kappa shape index (κ2) is 4.26. The Morgan fingerprint density at radius 3 is 2.81 bits per heavy atom. The fourth-order valence-electron chi connectivity index (χ4n) is 1.63. The maximum Gasteiger partial charge on any atom is 0.200 e. The molecule has 2 rings (SSSR count). The van der Waals surface area contributed by atoms with Gasteiger partial charge in [0.1, 0.15) is 5.75 Å². The van der Waals surface area contributed by atoms with Crippen molar-refractivity contribution >= 4 is 5.95 Å². The number of hydrogen-bond acceptors (Lipinski definition) is 3. The highest BCUT2D eigenvalue weighted by atomic mass is 16.5. The van der Waals surface area contributed by atoms with Crippen LogP contribution in [0.15, 0.2) is 24.3 Å². The smallest absolute Gasteiger partial charge is 0.200 e. The lowest BCUT2D eigenvalue weighted by Gasteiger charge is -2.02. The molecule has 0 atom stereocenters. The standard InChI is InChI=1S/C12H15N3O/c1-8-11(15-12(13-2)14-8)9-5-4-6-10(7-9)16-3/h4-7H,1-3H3,(H2,13,14,15). The fraction of sp³-hybridized carbons (Fsp3) is 0.250. The average molecular weight is 217 g/mol. The Morgan fingerprint density at radius 2 is 2.19 bits per heavy atom. The van der Waals surface area contributed by atoms with E-state index in [1.54, 1.807) is 7.11 Å². The van der Waals surface area contributed by atoms with E-state index in [2.05, 4.69) is 15.3 Å². The second-order valence-electron chi connectivity index (χ2n) is 3.54. The van der Waals surface area contributed by atoms with Crippen LogP contribution in [0.1, 0.15) is 5.69 Å². The molecule has 4 nitrogen and oxygen atoms in total. The number of ether oxygens (including phenoxy) is 1. The van der Waals surface area contributed by atoms with Crippen molar-refractivity contribution in [1.82, 2.24) is 9.97 Å². The van der Waals surface area contributed by atoms with E-state index < -0.39 is 0 Å². The predicted octanol–water partition coefficient (Wildman–Crippen LogP) is 2.44. The summed E-state index contributed by atoms with van der Waals surface area (Å²) in [6.45, 7) is 2.00. The van der Waals surface area contributed by atoms with E-state index in [4.69, 9.17) is 4.74 Å². The van der Waals surface area contributed by atoms with Crippen molar-refractivity contribution in [3.8, 4) is 17.0 Å². The molecule has 0 amide bonds. The number of aromatic nitrogens is 2. The van der Waals surface area contributed by atoms with Crippen molar-refractivity contribution in [1.29, 1.82) is 0 Å². The molecule has 0 fully saturated rings. The van der Waals surface area contributed by atoms with Gasteiger partial charge in [-0.05, 0) is 19.1 Å². The van der Waals surface area contributed by atoms with Crippen LogP contribution in [-0.2, 0) is 0 Å². The molecule has 16 heavy (non-hydrogen) atoms. The SMILES string of the molecule is CNc1nc(-c2cccc(OC)c2)c(C)[nH]1. The molecule has 0 bridgehead atoms. The largest absolute Gasteiger partial charge is 0.497 e. The van der Waals surface area contributed by atoms with Crippen molar-refractivity contribution in [2.45, 2.75) is 6.92 Å². The highest BCUT2D eigenvalue weighted by molar-refractivity contribution is 5.65. The van der Waals surface area contributed by atoms with E-state index in [-0.39, 0.29) is 0 Å². The van der Waals surface area contributed by atoms with Crippen LogP contribution >= 0.6 is 0 Å². The molecule has 0 radical (unpaired) electrons. The van der Waals surface area contributed by atoms with Crippen LogP contribution < -0.4 is 10.1 Å². The van der Waals surface area contributed by atoms with E-state index in [1.807, 2.05) is 38.2 Å². The number of imidazole rings is 1. The van der Waals surface area contributed by atoms with E-state index >= 15 is 0 Å². The number of H-pyrrole nitrogens is 1. The molecule has 4 heteroatoms. The molecule has 0 saturated carbocycles. The number of rotatable bonds is 3. The zero-order valence-electron chi connectivity index (χ0n) is 9.66. The minimum absolute atomic E-state index is 0.773. The zero-order valence-corrected chi connectivity index (χ0v) is 9.66. The van der Waals surface area contributed by atoms with E-state index in [0.717, 1.165) is 28.6 Å². The van der Waals surface area contributed by atoms with Gasteiger partial charge >= 0.3 is 0 Å². The van der Waals surface area contributed by atoms with Crippen molar-refractivity contribution in [3.05, 3.63) is 30.0 Å². The maximum atomic E-state index is 5.20. The number of hydrogen-bond donors (Lipinski definition) is 2. The predicted molar refractivity (Wildman–Crippen MR) is 64.9 cm³/mol. The summed E-state index contributed by atoms with van der Waals surface area (Å²) >= 11 is 0. The first-order valence-corrected chi connectivity index (χ1v) is 5.13. The zero-order chi connectivity index (χ0) is 11.5. The van der Waals surface area contributed by atoms with E-state index in [1.165, 1.54) is 0 Å². The summed E-state index contributed by atoms with van der Waals surface area (Å²) in [4.78, 5) is 7.62. The van der Waals surface area contributed by atoms with Gasteiger partial charge in [-0.25, -0.2) is 4.98 Å². The lowest BCUT2D eigenvalue weighted by Crippen LogP contribution is -1.89. The monoisotopic (exact) mass is 217 g/mol. The number of anilines is 1. The van der Waals surface area contributed by atoms with Gasteiger partial charge in [0.15, 0.2) is 0 Å². The van der Waals surface area contributed by atoms with Crippen molar-refractivity contribution < 1.29 is 4.74 Å². The lowest BCUT2D eigenvalue weighted by molar-refractivity contribution is 0.415. The number of aromatic amines is 1. The molecular weight excluding hydrogens is 202 g/mol. The van der Waals surface area contributed by atoms with Crippen molar-refractivity contribution in [2.24, 2.45) is 0 Å². The summed E-state index contributed by atoms with van der Waals surface area (Å²) in [5.74, 6) is 1.61. The number of benzene rings is 1. The molecule has 84 valence electrons. The van der Waals surface area contributed by atoms with Gasteiger partial charge in [0, 0.05) is 18.3 Å². The number of nitrogens with one attached hydrogen (secondary N) is 2. The quantitative estimate of drug-likeness (QED) is 0.830. The summed E-state index contributed by atoms with van der Waals surface area (Å²) < 4.78 is 5.20. The first-order chi connectivity index (χ1) is 7.74. The summed E-state index contributed by atoms with van der Waals surface area (Å²) in [7, 11) is 3.50. The normalized spacial score (nSPS) is 10.2. The van der Waals surface area contributed by atoms with Gasteiger partial charge in [-0.2, -0.15) is 0 Å². The molecule has 0 unspecified atom stereocenters. The lowest BCUT2D eigenvalue weighted by atomic mass is 10.1. The minimum Gasteiger partial charge on any atom is -0.497 e. The van der Waals surface area contributed by atoms with E-state index in [9.17, 15) is 0 Å². The Labute approximate surface area is 94.7 Å². The summed E-state index contributed by atoms with van der Waals surface area (Å²) in [5, 5.41) is 2.99. The van der Waals surface area contributed by atoms with Crippen LogP contribution in [0.2, 0.25) is 0 Å². The van der Waals surface area contributed by atoms with Crippen LogP contribution in [-0.4, -0.2) is 24.1 Å². The Balaban J connectivity index is 2.45. The highest BCUT2D eigenvalue weighted by Gasteiger charge is 2.08. The summed E-state index contributed by atoms with van der Waals surface area (Å²) in [5.41, 5.74) is 3.04. The van der Waals surface area contributed by atoms with Gasteiger partial charge in [-0.3, -0.25) is 0 Å². The molecular formula is C12H15N3O. The van der Waals surface area contributed by atoms with Crippen LogP contribution in [0.25, 0.3) is 11.3 Å². The Bertz CT molecular complexity index is 491. The maximum absolute atomic E-state index is 5.20. The first kappa shape index (κ1) is 10.5. The fourth-order valence-corrected chi connectivity index (χ4v) is 1.63. The number of aryl methyl sites for hydroxylation is 1. The third-order valence-electron chi connectivity index (χ3n) is 2.46. The van der Waals surface area contributed by atoms with Crippen LogP contribution in [0.4, 0.5) is 5.95 Å². The van der Waals surface area contributed by atoms with Gasteiger partial charge in [0.05, 0.1) is 12.8 Å². The molecule has 0 aliphatic rings.